The molecular formula is C16H15N5. The van der Waals surface area contributed by atoms with Gasteiger partial charge in [0.25, 0.3) is 0 Å². The third-order valence-electron chi connectivity index (χ3n) is 3.04. The Morgan fingerprint density at radius 1 is 0.810 bits per heavy atom. The third-order valence-corrected chi connectivity index (χ3v) is 3.04. The summed E-state index contributed by atoms with van der Waals surface area (Å²) in [7, 11) is 0. The lowest BCUT2D eigenvalue weighted by atomic mass is 10.1. The molecule has 4 N–H and O–H groups in total. The molecule has 0 fully saturated rings. The highest BCUT2D eigenvalue weighted by Crippen LogP contribution is 2.23. The lowest BCUT2D eigenvalue weighted by molar-refractivity contribution is 1.17. The zero-order chi connectivity index (χ0) is 14.5. The lowest BCUT2D eigenvalue weighted by Crippen LogP contribution is -2.06. The van der Waals surface area contributed by atoms with Gasteiger partial charge in [-0.15, -0.1) is 0 Å². The molecule has 0 aliphatic rings. The molecule has 0 amide bonds. The number of rotatable bonds is 4. The number of anilines is 3. The first-order chi connectivity index (χ1) is 10.3. The summed E-state index contributed by atoms with van der Waals surface area (Å²) < 4.78 is 0. The molecule has 3 rings (SSSR count). The number of nitrogens with one attached hydrogen (secondary N) is 2. The van der Waals surface area contributed by atoms with Gasteiger partial charge in [0.1, 0.15) is 12.1 Å². The van der Waals surface area contributed by atoms with Crippen LogP contribution in [0.5, 0.6) is 0 Å². The Balaban J connectivity index is 1.89. The van der Waals surface area contributed by atoms with Crippen LogP contribution in [0.1, 0.15) is 0 Å². The first-order valence-electron chi connectivity index (χ1n) is 6.56. The minimum Gasteiger partial charge on any atom is -0.340 e. The standard InChI is InChI=1S/C16H15N5/c17-21-14-8-4-5-12(9-14)15-10-16(19-11-18-15)20-13-6-2-1-3-7-13/h1-11,21H,17H2,(H,18,19,20). The van der Waals surface area contributed by atoms with Crippen LogP contribution < -0.4 is 16.6 Å². The van der Waals surface area contributed by atoms with Crippen molar-refractivity contribution < 1.29 is 0 Å². The Morgan fingerprint density at radius 3 is 2.43 bits per heavy atom. The molecule has 1 heterocycles. The second kappa shape index (κ2) is 6.02. The minimum atomic E-state index is 0.748. The van der Waals surface area contributed by atoms with Gasteiger partial charge in [-0.2, -0.15) is 0 Å². The second-order valence-corrected chi connectivity index (χ2v) is 4.50. The number of hydrogen-bond donors (Lipinski definition) is 3. The van der Waals surface area contributed by atoms with Gasteiger partial charge < -0.3 is 10.7 Å². The van der Waals surface area contributed by atoms with Gasteiger partial charge in [0.05, 0.1) is 5.69 Å². The van der Waals surface area contributed by atoms with E-state index in [1.54, 1.807) is 6.33 Å². The van der Waals surface area contributed by atoms with Crippen LogP contribution in [0.15, 0.2) is 67.0 Å². The molecule has 1 aromatic heterocycles. The maximum Gasteiger partial charge on any atom is 0.134 e. The molecule has 0 saturated heterocycles. The van der Waals surface area contributed by atoms with Crippen LogP contribution in [-0.2, 0) is 0 Å². The Hall–Kier alpha value is -2.92. The molecule has 0 unspecified atom stereocenters. The van der Waals surface area contributed by atoms with Crippen molar-refractivity contribution in [2.24, 2.45) is 5.84 Å². The molecule has 0 bridgehead atoms. The highest BCUT2D eigenvalue weighted by atomic mass is 15.2. The molecular weight excluding hydrogens is 262 g/mol. The molecule has 104 valence electrons. The van der Waals surface area contributed by atoms with E-state index in [-0.39, 0.29) is 0 Å². The van der Waals surface area contributed by atoms with Gasteiger partial charge in [0, 0.05) is 23.0 Å². The van der Waals surface area contributed by atoms with Gasteiger partial charge in [-0.1, -0.05) is 30.3 Å². The normalized spacial score (nSPS) is 10.1. The number of aromatic nitrogens is 2. The van der Waals surface area contributed by atoms with Crippen molar-refractivity contribution in [3.63, 3.8) is 0 Å². The molecule has 5 nitrogen and oxygen atoms in total. The van der Waals surface area contributed by atoms with Crippen LogP contribution in [0.3, 0.4) is 0 Å². The van der Waals surface area contributed by atoms with Crippen LogP contribution in [0.25, 0.3) is 11.3 Å². The van der Waals surface area contributed by atoms with Gasteiger partial charge in [-0.3, -0.25) is 5.84 Å². The van der Waals surface area contributed by atoms with Gasteiger partial charge in [0.2, 0.25) is 0 Å². The molecule has 5 heteroatoms. The summed E-state index contributed by atoms with van der Waals surface area (Å²) in [5.41, 5.74) is 6.26. The average Bonchev–Trinajstić information content (AvgIpc) is 2.56. The fraction of sp³-hybridized carbons (Fsp3) is 0. The number of benzene rings is 2. The van der Waals surface area contributed by atoms with Gasteiger partial charge >= 0.3 is 0 Å². The predicted octanol–water partition coefficient (Wildman–Crippen LogP) is 3.17. The fourth-order valence-corrected chi connectivity index (χ4v) is 2.02. The highest BCUT2D eigenvalue weighted by Gasteiger charge is 2.03. The van der Waals surface area contributed by atoms with Gasteiger partial charge in [-0.05, 0) is 24.3 Å². The number of nitrogen functional groups attached to an aromatic ring is 1. The highest BCUT2D eigenvalue weighted by molar-refractivity contribution is 5.68. The van der Waals surface area contributed by atoms with Gasteiger partial charge in [-0.25, -0.2) is 9.97 Å². The Bertz CT molecular complexity index is 727. The zero-order valence-electron chi connectivity index (χ0n) is 11.3. The van der Waals surface area contributed by atoms with E-state index in [4.69, 9.17) is 5.84 Å². The van der Waals surface area contributed by atoms with Crippen molar-refractivity contribution in [1.82, 2.24) is 9.97 Å². The summed E-state index contributed by atoms with van der Waals surface area (Å²) in [6, 6.07) is 19.5. The first-order valence-corrected chi connectivity index (χ1v) is 6.56. The molecule has 0 aliphatic carbocycles. The molecule has 0 aliphatic heterocycles. The van der Waals surface area contributed by atoms with Crippen LogP contribution in [0, 0.1) is 0 Å². The smallest absolute Gasteiger partial charge is 0.134 e. The van der Waals surface area contributed by atoms with Crippen molar-refractivity contribution in [3.8, 4) is 11.3 Å². The van der Waals surface area contributed by atoms with Crippen LogP contribution in [-0.4, -0.2) is 9.97 Å². The first kappa shape index (κ1) is 13.1. The van der Waals surface area contributed by atoms with Gasteiger partial charge in [0.15, 0.2) is 0 Å². The minimum absolute atomic E-state index is 0.748. The summed E-state index contributed by atoms with van der Waals surface area (Å²) in [5.74, 6) is 6.18. The SMILES string of the molecule is NNc1cccc(-c2cc(Nc3ccccc3)ncn2)c1. The molecule has 21 heavy (non-hydrogen) atoms. The molecule has 2 aromatic carbocycles. The van der Waals surface area contributed by atoms with E-state index in [9.17, 15) is 0 Å². The lowest BCUT2D eigenvalue weighted by Gasteiger charge is -2.08. The van der Waals surface area contributed by atoms with E-state index < -0.39 is 0 Å². The summed E-state index contributed by atoms with van der Waals surface area (Å²) in [4.78, 5) is 8.55. The molecule has 0 saturated carbocycles. The van der Waals surface area contributed by atoms with Crippen LogP contribution in [0.2, 0.25) is 0 Å². The Kier molecular flexibility index (Phi) is 3.75. The third kappa shape index (κ3) is 3.16. The molecule has 0 spiro atoms. The summed E-state index contributed by atoms with van der Waals surface area (Å²) in [6.45, 7) is 0. The number of nitrogens with zero attached hydrogens (tertiary/aromatic N) is 2. The van der Waals surface area contributed by atoms with Crippen molar-refractivity contribution in [2.75, 3.05) is 10.7 Å². The van der Waals surface area contributed by atoms with E-state index >= 15 is 0 Å². The van der Waals surface area contributed by atoms with E-state index in [0.29, 0.717) is 0 Å². The zero-order valence-corrected chi connectivity index (χ0v) is 11.3. The van der Waals surface area contributed by atoms with E-state index in [0.717, 1.165) is 28.5 Å². The average molecular weight is 277 g/mol. The van der Waals surface area contributed by atoms with E-state index in [1.165, 1.54) is 0 Å². The fourth-order valence-electron chi connectivity index (χ4n) is 2.02. The monoisotopic (exact) mass is 277 g/mol. The van der Waals surface area contributed by atoms with Crippen molar-refractivity contribution in [3.05, 3.63) is 67.0 Å². The Labute approximate surface area is 122 Å². The maximum atomic E-state index is 5.43. The summed E-state index contributed by atoms with van der Waals surface area (Å²) in [6.07, 6.45) is 1.54. The van der Waals surface area contributed by atoms with Crippen molar-refractivity contribution >= 4 is 17.2 Å². The van der Waals surface area contributed by atoms with E-state index in [2.05, 4.69) is 20.7 Å². The number of nitrogens with two attached hydrogens (primary N) is 1. The van der Waals surface area contributed by atoms with Crippen molar-refractivity contribution in [1.29, 1.82) is 0 Å². The quantitative estimate of drug-likeness (QED) is 0.504. The maximum absolute atomic E-state index is 5.43. The van der Waals surface area contributed by atoms with Crippen molar-refractivity contribution in [2.45, 2.75) is 0 Å². The summed E-state index contributed by atoms with van der Waals surface area (Å²) >= 11 is 0. The van der Waals surface area contributed by atoms with Crippen LogP contribution >= 0.6 is 0 Å². The predicted molar refractivity (Wildman–Crippen MR) is 85.0 cm³/mol. The number of para-hydroxylation sites is 1. The largest absolute Gasteiger partial charge is 0.340 e. The second-order valence-electron chi connectivity index (χ2n) is 4.50. The molecule has 3 aromatic rings. The van der Waals surface area contributed by atoms with E-state index in [1.807, 2.05) is 60.7 Å². The topological polar surface area (TPSA) is 75.9 Å². The molecule has 0 radical (unpaired) electrons. The van der Waals surface area contributed by atoms with Crippen LogP contribution in [0.4, 0.5) is 17.2 Å². The summed E-state index contributed by atoms with van der Waals surface area (Å²) in [5, 5.41) is 3.25. The number of hydrazine groups is 1. The number of hydrogen-bond acceptors (Lipinski definition) is 5. The Morgan fingerprint density at radius 2 is 1.62 bits per heavy atom. The molecule has 0 atom stereocenters.